The predicted molar refractivity (Wildman–Crippen MR) is 231 cm³/mol. The molecule has 2 heterocycles. The van der Waals surface area contributed by atoms with Gasteiger partial charge in [0.2, 0.25) is 0 Å². The molecular formula is C52H34N2O. The first-order chi connectivity index (χ1) is 27.3. The van der Waals surface area contributed by atoms with Crippen molar-refractivity contribution < 1.29 is 4.42 Å². The van der Waals surface area contributed by atoms with E-state index in [4.69, 9.17) is 4.42 Å². The van der Waals surface area contributed by atoms with Crippen LogP contribution in [0.3, 0.4) is 0 Å². The van der Waals surface area contributed by atoms with E-state index in [1.165, 1.54) is 49.3 Å². The lowest BCUT2D eigenvalue weighted by Gasteiger charge is -2.26. The van der Waals surface area contributed by atoms with Crippen LogP contribution in [0.4, 0.5) is 17.1 Å². The third-order valence-electron chi connectivity index (χ3n) is 11.0. The maximum Gasteiger partial charge on any atom is 0.137 e. The molecule has 258 valence electrons. The molecule has 0 saturated carbocycles. The Balaban J connectivity index is 0.993. The molecule has 0 atom stereocenters. The average Bonchev–Trinajstić information content (AvgIpc) is 3.81. The maximum atomic E-state index is 6.34. The Hall–Kier alpha value is -7.36. The van der Waals surface area contributed by atoms with Crippen LogP contribution in [0.15, 0.2) is 211 Å². The third kappa shape index (κ3) is 5.13. The van der Waals surface area contributed by atoms with Crippen molar-refractivity contribution in [2.24, 2.45) is 0 Å². The average molecular weight is 703 g/mol. The lowest BCUT2D eigenvalue weighted by atomic mass is 10.0. The van der Waals surface area contributed by atoms with Gasteiger partial charge in [0.25, 0.3) is 0 Å². The van der Waals surface area contributed by atoms with Crippen molar-refractivity contribution in [3.8, 4) is 27.9 Å². The van der Waals surface area contributed by atoms with E-state index >= 15 is 0 Å². The largest absolute Gasteiger partial charge is 0.456 e. The molecule has 0 radical (unpaired) electrons. The molecule has 0 saturated heterocycles. The monoisotopic (exact) mass is 702 g/mol. The summed E-state index contributed by atoms with van der Waals surface area (Å²) in [5.74, 6) is 0. The van der Waals surface area contributed by atoms with Gasteiger partial charge in [0.15, 0.2) is 0 Å². The zero-order chi connectivity index (χ0) is 36.3. The Morgan fingerprint density at radius 1 is 0.345 bits per heavy atom. The zero-order valence-corrected chi connectivity index (χ0v) is 29.9. The number of furan rings is 1. The fourth-order valence-corrected chi connectivity index (χ4v) is 8.43. The second kappa shape index (κ2) is 12.6. The van der Waals surface area contributed by atoms with Crippen LogP contribution in [0.25, 0.3) is 82.5 Å². The van der Waals surface area contributed by atoms with Gasteiger partial charge in [-0.15, -0.1) is 0 Å². The van der Waals surface area contributed by atoms with Crippen molar-refractivity contribution in [1.29, 1.82) is 0 Å². The van der Waals surface area contributed by atoms with Crippen molar-refractivity contribution >= 4 is 71.6 Å². The molecule has 0 fully saturated rings. The minimum absolute atomic E-state index is 0.873. The fraction of sp³-hybridized carbons (Fsp3) is 0. The quantitative estimate of drug-likeness (QED) is 0.172. The summed E-state index contributed by atoms with van der Waals surface area (Å²) in [6.45, 7) is 0. The first-order valence-corrected chi connectivity index (χ1v) is 18.8. The molecule has 3 heteroatoms. The van der Waals surface area contributed by atoms with Gasteiger partial charge >= 0.3 is 0 Å². The number of aromatic nitrogens is 1. The number of para-hydroxylation sites is 2. The van der Waals surface area contributed by atoms with Crippen molar-refractivity contribution in [3.05, 3.63) is 206 Å². The second-order valence-corrected chi connectivity index (χ2v) is 14.1. The summed E-state index contributed by atoms with van der Waals surface area (Å²) < 4.78 is 8.74. The number of nitrogens with zero attached hydrogens (tertiary/aromatic N) is 2. The highest BCUT2D eigenvalue weighted by Gasteiger charge is 2.20. The van der Waals surface area contributed by atoms with E-state index in [9.17, 15) is 0 Å². The number of hydrogen-bond donors (Lipinski definition) is 0. The zero-order valence-electron chi connectivity index (χ0n) is 29.9. The summed E-state index contributed by atoms with van der Waals surface area (Å²) in [6.07, 6.45) is 0. The van der Waals surface area contributed by atoms with E-state index in [1.54, 1.807) is 0 Å². The van der Waals surface area contributed by atoms with Crippen LogP contribution in [-0.4, -0.2) is 4.57 Å². The standard InChI is InChI=1S/C52H34N2O/c1-2-11-35(12-3-1)36-21-28-40(29-22-36)53(47-18-10-20-50-52(47)45-16-7-9-19-49(45)55-50)41-30-23-37(24-31-41)38-25-32-42(33-26-38)54-46-17-8-6-15-44(46)51-43-14-5-4-13-39(43)27-34-48(51)54/h1-34H. The molecule has 0 amide bonds. The molecule has 0 unspecified atom stereocenters. The van der Waals surface area contributed by atoms with Gasteiger partial charge in [0.1, 0.15) is 11.2 Å². The van der Waals surface area contributed by atoms with Crippen molar-refractivity contribution in [1.82, 2.24) is 4.57 Å². The topological polar surface area (TPSA) is 21.3 Å². The van der Waals surface area contributed by atoms with Crippen LogP contribution in [0.1, 0.15) is 0 Å². The van der Waals surface area contributed by atoms with Crippen LogP contribution in [0.5, 0.6) is 0 Å². The van der Waals surface area contributed by atoms with Gasteiger partial charge in [0, 0.05) is 33.2 Å². The van der Waals surface area contributed by atoms with E-state index in [1.807, 2.05) is 12.1 Å². The van der Waals surface area contributed by atoms with Gasteiger partial charge in [-0.25, -0.2) is 0 Å². The molecule has 0 bridgehead atoms. The Bertz CT molecular complexity index is 3170. The van der Waals surface area contributed by atoms with Crippen LogP contribution in [-0.2, 0) is 0 Å². The van der Waals surface area contributed by atoms with E-state index in [2.05, 4.69) is 204 Å². The van der Waals surface area contributed by atoms with Gasteiger partial charge in [-0.2, -0.15) is 0 Å². The Labute approximate surface area is 318 Å². The minimum atomic E-state index is 0.873. The molecule has 3 nitrogen and oxygen atoms in total. The Morgan fingerprint density at radius 2 is 0.909 bits per heavy atom. The first kappa shape index (κ1) is 31.2. The lowest BCUT2D eigenvalue weighted by molar-refractivity contribution is 0.669. The van der Waals surface area contributed by atoms with Gasteiger partial charge in [0.05, 0.1) is 22.1 Å². The molecule has 0 aliphatic rings. The lowest BCUT2D eigenvalue weighted by Crippen LogP contribution is -2.10. The highest BCUT2D eigenvalue weighted by Crippen LogP contribution is 2.44. The molecule has 55 heavy (non-hydrogen) atoms. The molecular weight excluding hydrogens is 669 g/mol. The summed E-state index contributed by atoms with van der Waals surface area (Å²) in [6, 6.07) is 73.8. The Morgan fingerprint density at radius 3 is 1.64 bits per heavy atom. The normalized spacial score (nSPS) is 11.6. The van der Waals surface area contributed by atoms with Crippen molar-refractivity contribution in [3.63, 3.8) is 0 Å². The fourth-order valence-electron chi connectivity index (χ4n) is 8.43. The number of anilines is 3. The predicted octanol–water partition coefficient (Wildman–Crippen LogP) is 14.6. The summed E-state index contributed by atoms with van der Waals surface area (Å²) in [7, 11) is 0. The van der Waals surface area contributed by atoms with Crippen LogP contribution in [0.2, 0.25) is 0 Å². The Kier molecular flexibility index (Phi) is 7.17. The summed E-state index contributed by atoms with van der Waals surface area (Å²) in [5.41, 5.74) is 13.3. The molecule has 11 aromatic rings. The number of benzene rings is 9. The van der Waals surface area contributed by atoms with Gasteiger partial charge in [-0.3, -0.25) is 0 Å². The number of hydrogen-bond acceptors (Lipinski definition) is 2. The van der Waals surface area contributed by atoms with E-state index in [0.717, 1.165) is 50.3 Å². The van der Waals surface area contributed by atoms with E-state index in [0.29, 0.717) is 0 Å². The SMILES string of the molecule is c1ccc(-c2ccc(N(c3ccc(-c4ccc(-n5c6ccccc6c6c7ccccc7ccc65)cc4)cc3)c3cccc4oc5ccccc5c34)cc2)cc1. The molecule has 0 aliphatic carbocycles. The molecule has 0 N–H and O–H groups in total. The number of fused-ring (bicyclic) bond motifs is 8. The highest BCUT2D eigenvalue weighted by atomic mass is 16.3. The molecule has 0 spiro atoms. The van der Waals surface area contributed by atoms with Gasteiger partial charge < -0.3 is 13.9 Å². The maximum absolute atomic E-state index is 6.34. The summed E-state index contributed by atoms with van der Waals surface area (Å²) >= 11 is 0. The van der Waals surface area contributed by atoms with Gasteiger partial charge in [-0.05, 0) is 99.8 Å². The smallest absolute Gasteiger partial charge is 0.137 e. The highest BCUT2D eigenvalue weighted by molar-refractivity contribution is 6.21. The van der Waals surface area contributed by atoms with Crippen LogP contribution >= 0.6 is 0 Å². The van der Waals surface area contributed by atoms with Crippen LogP contribution in [0, 0.1) is 0 Å². The molecule has 11 rings (SSSR count). The third-order valence-corrected chi connectivity index (χ3v) is 11.0. The van der Waals surface area contributed by atoms with Gasteiger partial charge in [-0.1, -0.05) is 140 Å². The van der Waals surface area contributed by atoms with E-state index < -0.39 is 0 Å². The molecule has 2 aromatic heterocycles. The van der Waals surface area contributed by atoms with Crippen LogP contribution < -0.4 is 4.90 Å². The molecule has 0 aliphatic heterocycles. The first-order valence-electron chi connectivity index (χ1n) is 18.8. The summed E-state index contributed by atoms with van der Waals surface area (Å²) in [4.78, 5) is 2.35. The minimum Gasteiger partial charge on any atom is -0.456 e. The number of rotatable bonds is 6. The van der Waals surface area contributed by atoms with Crippen molar-refractivity contribution in [2.45, 2.75) is 0 Å². The van der Waals surface area contributed by atoms with E-state index in [-0.39, 0.29) is 0 Å². The second-order valence-electron chi connectivity index (χ2n) is 14.1. The summed E-state index contributed by atoms with van der Waals surface area (Å²) in [5, 5.41) is 7.31. The van der Waals surface area contributed by atoms with Crippen molar-refractivity contribution in [2.75, 3.05) is 4.90 Å². The molecule has 9 aromatic carbocycles.